The van der Waals surface area contributed by atoms with Crippen LogP contribution < -0.4 is 5.43 Å². The Bertz CT molecular complexity index is 552. The van der Waals surface area contributed by atoms with E-state index in [2.05, 4.69) is 22.4 Å². The summed E-state index contributed by atoms with van der Waals surface area (Å²) in [5, 5.41) is 4.31. The molecule has 108 valence electrons. The summed E-state index contributed by atoms with van der Waals surface area (Å²) in [6, 6.07) is 13.5. The van der Waals surface area contributed by atoms with Gasteiger partial charge < -0.3 is 0 Å². The average molecular weight is 281 g/mol. The fraction of sp³-hybridized carbons (Fsp3) is 0.235. The van der Waals surface area contributed by atoms with Gasteiger partial charge in [0.25, 0.3) is 0 Å². The number of carbonyl (C=O) groups is 1. The number of aromatic nitrogens is 1. The average Bonchev–Trinajstić information content (AvgIpc) is 2.55. The standard InChI is InChI=1S/C17H19N3O/c1-2-3-9-16(21)19-20-17(14-7-5-4-6-8-14)15-10-12-18-13-11-15/h4-8,10-13H,2-3,9H2,1H3,(H,19,21)/b20-17-. The lowest BCUT2D eigenvalue weighted by Crippen LogP contribution is -2.20. The predicted octanol–water partition coefficient (Wildman–Crippen LogP) is 3.14. The van der Waals surface area contributed by atoms with Gasteiger partial charge in [0.15, 0.2) is 0 Å². The monoisotopic (exact) mass is 281 g/mol. The Morgan fingerprint density at radius 1 is 1.10 bits per heavy atom. The third kappa shape index (κ3) is 4.53. The number of hydrogen-bond donors (Lipinski definition) is 1. The number of benzene rings is 1. The van der Waals surface area contributed by atoms with E-state index < -0.39 is 0 Å². The van der Waals surface area contributed by atoms with Crippen LogP contribution >= 0.6 is 0 Å². The molecule has 0 bridgehead atoms. The van der Waals surface area contributed by atoms with Crippen LogP contribution in [-0.4, -0.2) is 16.6 Å². The van der Waals surface area contributed by atoms with E-state index in [0.717, 1.165) is 29.7 Å². The maximum atomic E-state index is 11.7. The first-order valence-electron chi connectivity index (χ1n) is 7.13. The number of unbranched alkanes of at least 4 members (excludes halogenated alkanes) is 1. The van der Waals surface area contributed by atoms with Gasteiger partial charge in [-0.15, -0.1) is 0 Å². The van der Waals surface area contributed by atoms with Crippen molar-refractivity contribution in [1.82, 2.24) is 10.4 Å². The molecule has 1 aromatic heterocycles. The largest absolute Gasteiger partial charge is 0.273 e. The van der Waals surface area contributed by atoms with Crippen LogP contribution in [0.1, 0.15) is 37.3 Å². The van der Waals surface area contributed by atoms with Gasteiger partial charge in [-0.05, 0) is 18.6 Å². The molecule has 0 aliphatic carbocycles. The molecule has 4 nitrogen and oxygen atoms in total. The fourth-order valence-corrected chi connectivity index (χ4v) is 1.91. The van der Waals surface area contributed by atoms with Crippen LogP contribution in [0.25, 0.3) is 0 Å². The van der Waals surface area contributed by atoms with Crippen LogP contribution in [0.5, 0.6) is 0 Å². The first-order valence-corrected chi connectivity index (χ1v) is 7.13. The van der Waals surface area contributed by atoms with Gasteiger partial charge in [-0.3, -0.25) is 9.78 Å². The van der Waals surface area contributed by atoms with Crippen LogP contribution in [-0.2, 0) is 4.79 Å². The van der Waals surface area contributed by atoms with E-state index in [1.54, 1.807) is 12.4 Å². The summed E-state index contributed by atoms with van der Waals surface area (Å²) in [5.41, 5.74) is 5.26. The smallest absolute Gasteiger partial charge is 0.240 e. The van der Waals surface area contributed by atoms with Crippen molar-refractivity contribution in [2.45, 2.75) is 26.2 Å². The second-order valence-corrected chi connectivity index (χ2v) is 4.70. The van der Waals surface area contributed by atoms with E-state index in [1.165, 1.54) is 0 Å². The van der Waals surface area contributed by atoms with Crippen molar-refractivity contribution >= 4 is 11.6 Å². The molecule has 0 atom stereocenters. The van der Waals surface area contributed by atoms with E-state index in [1.807, 2.05) is 42.5 Å². The molecule has 0 aliphatic heterocycles. The Hall–Kier alpha value is -2.49. The van der Waals surface area contributed by atoms with Gasteiger partial charge in [-0.2, -0.15) is 5.10 Å². The summed E-state index contributed by atoms with van der Waals surface area (Å²) in [6.45, 7) is 2.06. The molecule has 2 aromatic rings. The highest BCUT2D eigenvalue weighted by Gasteiger charge is 2.07. The van der Waals surface area contributed by atoms with Gasteiger partial charge in [0, 0.05) is 29.9 Å². The Balaban J connectivity index is 2.23. The first kappa shape index (κ1) is 14.9. The lowest BCUT2D eigenvalue weighted by molar-refractivity contribution is -0.121. The summed E-state index contributed by atoms with van der Waals surface area (Å²) in [7, 11) is 0. The quantitative estimate of drug-likeness (QED) is 0.653. The number of nitrogens with zero attached hydrogens (tertiary/aromatic N) is 2. The molecule has 0 saturated heterocycles. The second kappa shape index (κ2) is 7.94. The number of nitrogens with one attached hydrogen (secondary N) is 1. The Morgan fingerprint density at radius 2 is 1.76 bits per heavy atom. The van der Waals surface area contributed by atoms with Crippen molar-refractivity contribution in [3.05, 3.63) is 66.0 Å². The molecule has 0 saturated carbocycles. The zero-order chi connectivity index (χ0) is 14.9. The zero-order valence-electron chi connectivity index (χ0n) is 12.1. The van der Waals surface area contributed by atoms with E-state index in [0.29, 0.717) is 6.42 Å². The van der Waals surface area contributed by atoms with Crippen LogP contribution in [0.4, 0.5) is 0 Å². The van der Waals surface area contributed by atoms with Gasteiger partial charge in [-0.1, -0.05) is 43.7 Å². The number of pyridine rings is 1. The summed E-state index contributed by atoms with van der Waals surface area (Å²) < 4.78 is 0. The normalized spacial score (nSPS) is 11.2. The van der Waals surface area contributed by atoms with Crippen molar-refractivity contribution in [3.63, 3.8) is 0 Å². The minimum atomic E-state index is -0.0562. The van der Waals surface area contributed by atoms with E-state index in [9.17, 15) is 4.79 Å². The zero-order valence-corrected chi connectivity index (χ0v) is 12.1. The van der Waals surface area contributed by atoms with Crippen LogP contribution in [0.15, 0.2) is 60.0 Å². The number of hydrazone groups is 1. The molecule has 0 aliphatic rings. The summed E-state index contributed by atoms with van der Waals surface area (Å²) in [4.78, 5) is 15.8. The minimum absolute atomic E-state index is 0.0562. The van der Waals surface area contributed by atoms with Gasteiger partial charge in [0.1, 0.15) is 0 Å². The predicted molar refractivity (Wildman–Crippen MR) is 84.0 cm³/mol. The van der Waals surface area contributed by atoms with E-state index in [-0.39, 0.29) is 5.91 Å². The summed E-state index contributed by atoms with van der Waals surface area (Å²) >= 11 is 0. The molecule has 21 heavy (non-hydrogen) atoms. The van der Waals surface area contributed by atoms with Crippen molar-refractivity contribution < 1.29 is 4.79 Å². The van der Waals surface area contributed by atoms with Crippen LogP contribution in [0.2, 0.25) is 0 Å². The molecular formula is C17H19N3O. The molecule has 1 amide bonds. The number of carbonyl (C=O) groups excluding carboxylic acids is 1. The van der Waals surface area contributed by atoms with Crippen molar-refractivity contribution in [2.24, 2.45) is 5.10 Å². The number of rotatable bonds is 6. The van der Waals surface area contributed by atoms with Crippen molar-refractivity contribution in [1.29, 1.82) is 0 Å². The van der Waals surface area contributed by atoms with Crippen molar-refractivity contribution in [3.8, 4) is 0 Å². The molecule has 0 radical (unpaired) electrons. The number of amides is 1. The molecule has 1 aromatic carbocycles. The summed E-state index contributed by atoms with van der Waals surface area (Å²) in [6.07, 6.45) is 5.79. The lowest BCUT2D eigenvalue weighted by Gasteiger charge is -2.07. The molecule has 1 heterocycles. The third-order valence-corrected chi connectivity index (χ3v) is 3.05. The first-order chi connectivity index (χ1) is 10.3. The van der Waals surface area contributed by atoms with Gasteiger partial charge >= 0.3 is 0 Å². The van der Waals surface area contributed by atoms with Gasteiger partial charge in [-0.25, -0.2) is 5.43 Å². The maximum absolute atomic E-state index is 11.7. The Kier molecular flexibility index (Phi) is 5.64. The topological polar surface area (TPSA) is 54.4 Å². The molecule has 4 heteroatoms. The Labute approximate surface area is 124 Å². The van der Waals surface area contributed by atoms with Gasteiger partial charge in [0.05, 0.1) is 5.71 Å². The van der Waals surface area contributed by atoms with Crippen LogP contribution in [0, 0.1) is 0 Å². The molecule has 0 fully saturated rings. The lowest BCUT2D eigenvalue weighted by atomic mass is 10.0. The molecule has 2 rings (SSSR count). The highest BCUT2D eigenvalue weighted by molar-refractivity contribution is 6.13. The Morgan fingerprint density at radius 3 is 2.43 bits per heavy atom. The fourth-order valence-electron chi connectivity index (χ4n) is 1.91. The van der Waals surface area contributed by atoms with E-state index >= 15 is 0 Å². The molecular weight excluding hydrogens is 262 g/mol. The number of hydrogen-bond acceptors (Lipinski definition) is 3. The molecule has 0 unspecified atom stereocenters. The third-order valence-electron chi connectivity index (χ3n) is 3.05. The van der Waals surface area contributed by atoms with Gasteiger partial charge in [0.2, 0.25) is 5.91 Å². The second-order valence-electron chi connectivity index (χ2n) is 4.70. The molecule has 1 N–H and O–H groups in total. The molecule has 0 spiro atoms. The highest BCUT2D eigenvalue weighted by atomic mass is 16.2. The highest BCUT2D eigenvalue weighted by Crippen LogP contribution is 2.09. The van der Waals surface area contributed by atoms with Crippen molar-refractivity contribution in [2.75, 3.05) is 0 Å². The maximum Gasteiger partial charge on any atom is 0.240 e. The van der Waals surface area contributed by atoms with Crippen LogP contribution in [0.3, 0.4) is 0 Å². The SMILES string of the molecule is CCCCC(=O)N/N=C(/c1ccccc1)c1ccncc1. The summed E-state index contributed by atoms with van der Waals surface area (Å²) in [5.74, 6) is -0.0562. The minimum Gasteiger partial charge on any atom is -0.273 e. The van der Waals surface area contributed by atoms with E-state index in [4.69, 9.17) is 0 Å².